The Morgan fingerprint density at radius 2 is 1.67 bits per heavy atom. The molecule has 0 heterocycles. The highest BCUT2D eigenvalue weighted by Gasteiger charge is 1.99. The molecule has 0 saturated heterocycles. The second-order valence-electron chi connectivity index (χ2n) is 2.82. The first-order valence-corrected chi connectivity index (χ1v) is 4.08. The Morgan fingerprint density at radius 3 is 2.08 bits per heavy atom. The quantitative estimate of drug-likeness (QED) is 0.623. The first kappa shape index (κ1) is 9.27. The molecule has 0 spiro atoms. The summed E-state index contributed by atoms with van der Waals surface area (Å²) in [5.41, 5.74) is 1.89. The van der Waals surface area contributed by atoms with E-state index in [1.165, 1.54) is 12.1 Å². The van der Waals surface area contributed by atoms with E-state index in [0.29, 0.717) is 5.03 Å². The SMILES string of the molecule is CC(C)=C(Cl)c1ccc(F)cc1. The van der Waals surface area contributed by atoms with Gasteiger partial charge in [-0.15, -0.1) is 0 Å². The molecule has 1 aromatic rings. The van der Waals surface area contributed by atoms with Crippen molar-refractivity contribution in [2.75, 3.05) is 0 Å². The first-order valence-electron chi connectivity index (χ1n) is 3.70. The Bertz CT molecular complexity index is 294. The molecule has 0 fully saturated rings. The molecule has 2 heteroatoms. The first-order chi connectivity index (χ1) is 5.61. The maximum absolute atomic E-state index is 12.5. The molecular formula is C10H10ClF. The summed E-state index contributed by atoms with van der Waals surface area (Å²) in [5.74, 6) is -0.239. The Balaban J connectivity index is 3.06. The van der Waals surface area contributed by atoms with E-state index in [1.54, 1.807) is 12.1 Å². The second kappa shape index (κ2) is 3.72. The van der Waals surface area contributed by atoms with Crippen molar-refractivity contribution in [2.45, 2.75) is 13.8 Å². The fraction of sp³-hybridized carbons (Fsp3) is 0.200. The number of benzene rings is 1. The minimum atomic E-state index is -0.239. The van der Waals surface area contributed by atoms with Gasteiger partial charge in [-0.3, -0.25) is 0 Å². The predicted molar refractivity (Wildman–Crippen MR) is 50.5 cm³/mol. The van der Waals surface area contributed by atoms with Crippen LogP contribution in [0.1, 0.15) is 19.4 Å². The molecule has 0 aliphatic rings. The standard InChI is InChI=1S/C10H10ClF/c1-7(2)10(11)8-3-5-9(12)6-4-8/h3-6H,1-2H3. The lowest BCUT2D eigenvalue weighted by Gasteiger charge is -2.00. The zero-order valence-corrected chi connectivity index (χ0v) is 7.82. The van der Waals surface area contributed by atoms with Gasteiger partial charge in [0.1, 0.15) is 5.82 Å². The lowest BCUT2D eigenvalue weighted by Crippen LogP contribution is -1.80. The number of halogens is 2. The highest BCUT2D eigenvalue weighted by atomic mass is 35.5. The summed E-state index contributed by atoms with van der Waals surface area (Å²) in [7, 11) is 0. The van der Waals surface area contributed by atoms with Crippen LogP contribution in [0.3, 0.4) is 0 Å². The third-order valence-corrected chi connectivity index (χ3v) is 2.13. The van der Waals surface area contributed by atoms with Crippen molar-refractivity contribution in [1.29, 1.82) is 0 Å². The lowest BCUT2D eigenvalue weighted by atomic mass is 10.1. The van der Waals surface area contributed by atoms with E-state index in [2.05, 4.69) is 0 Å². The molecule has 0 aromatic heterocycles. The van der Waals surface area contributed by atoms with Gasteiger partial charge < -0.3 is 0 Å². The largest absolute Gasteiger partial charge is 0.207 e. The Kier molecular flexibility index (Phi) is 2.88. The lowest BCUT2D eigenvalue weighted by molar-refractivity contribution is 0.627. The number of allylic oxidation sites excluding steroid dienone is 1. The molecule has 1 aromatic carbocycles. The fourth-order valence-corrected chi connectivity index (χ4v) is 1.01. The van der Waals surface area contributed by atoms with Gasteiger partial charge in [0.05, 0.1) is 0 Å². The molecule has 0 aliphatic heterocycles. The summed E-state index contributed by atoms with van der Waals surface area (Å²) in [5, 5.41) is 0.690. The van der Waals surface area contributed by atoms with E-state index in [4.69, 9.17) is 11.6 Å². The molecule has 0 amide bonds. The molecular weight excluding hydrogens is 175 g/mol. The van der Waals surface area contributed by atoms with Gasteiger partial charge in [-0.1, -0.05) is 29.3 Å². The maximum atomic E-state index is 12.5. The van der Waals surface area contributed by atoms with E-state index in [0.717, 1.165) is 11.1 Å². The molecule has 0 bridgehead atoms. The van der Waals surface area contributed by atoms with Crippen LogP contribution in [0.5, 0.6) is 0 Å². The van der Waals surface area contributed by atoms with Crippen LogP contribution in [-0.2, 0) is 0 Å². The van der Waals surface area contributed by atoms with Crippen molar-refractivity contribution in [3.63, 3.8) is 0 Å². The smallest absolute Gasteiger partial charge is 0.123 e. The summed E-state index contributed by atoms with van der Waals surface area (Å²) >= 11 is 5.95. The van der Waals surface area contributed by atoms with Crippen LogP contribution in [-0.4, -0.2) is 0 Å². The van der Waals surface area contributed by atoms with E-state index in [1.807, 2.05) is 13.8 Å². The van der Waals surface area contributed by atoms with Gasteiger partial charge in [-0.2, -0.15) is 0 Å². The van der Waals surface area contributed by atoms with Gasteiger partial charge in [0.2, 0.25) is 0 Å². The minimum absolute atomic E-state index is 0.239. The molecule has 0 aliphatic carbocycles. The molecule has 0 radical (unpaired) electrons. The average Bonchev–Trinajstić information content (AvgIpc) is 2.04. The van der Waals surface area contributed by atoms with Crippen molar-refractivity contribution in [3.05, 3.63) is 41.2 Å². The van der Waals surface area contributed by atoms with Gasteiger partial charge >= 0.3 is 0 Å². The van der Waals surface area contributed by atoms with Gasteiger partial charge in [0.25, 0.3) is 0 Å². The molecule has 0 N–H and O–H groups in total. The molecule has 0 unspecified atom stereocenters. The van der Waals surface area contributed by atoms with E-state index >= 15 is 0 Å². The van der Waals surface area contributed by atoms with E-state index in [9.17, 15) is 4.39 Å². The van der Waals surface area contributed by atoms with Crippen molar-refractivity contribution in [1.82, 2.24) is 0 Å². The molecule has 0 nitrogen and oxygen atoms in total. The monoisotopic (exact) mass is 184 g/mol. The van der Waals surface area contributed by atoms with Crippen LogP contribution < -0.4 is 0 Å². The van der Waals surface area contributed by atoms with Crippen molar-refractivity contribution >= 4 is 16.6 Å². The summed E-state index contributed by atoms with van der Waals surface area (Å²) < 4.78 is 12.5. The van der Waals surface area contributed by atoms with Crippen molar-refractivity contribution in [3.8, 4) is 0 Å². The third kappa shape index (κ3) is 2.08. The molecule has 12 heavy (non-hydrogen) atoms. The zero-order valence-electron chi connectivity index (χ0n) is 7.07. The van der Waals surface area contributed by atoms with Gasteiger partial charge in [0.15, 0.2) is 0 Å². The van der Waals surface area contributed by atoms with Gasteiger partial charge in [-0.05, 0) is 31.5 Å². The number of hydrogen-bond acceptors (Lipinski definition) is 0. The number of rotatable bonds is 1. The Labute approximate surface area is 76.7 Å². The Morgan fingerprint density at radius 1 is 1.17 bits per heavy atom. The van der Waals surface area contributed by atoms with Crippen LogP contribution in [0.4, 0.5) is 4.39 Å². The summed E-state index contributed by atoms with van der Waals surface area (Å²) in [6, 6.07) is 6.15. The predicted octanol–water partition coefficient (Wildman–Crippen LogP) is 3.82. The zero-order chi connectivity index (χ0) is 9.14. The van der Waals surface area contributed by atoms with Crippen LogP contribution in [0.25, 0.3) is 5.03 Å². The highest BCUT2D eigenvalue weighted by molar-refractivity contribution is 6.49. The second-order valence-corrected chi connectivity index (χ2v) is 3.20. The summed E-state index contributed by atoms with van der Waals surface area (Å²) in [6.07, 6.45) is 0. The summed E-state index contributed by atoms with van der Waals surface area (Å²) in [6.45, 7) is 3.84. The van der Waals surface area contributed by atoms with E-state index < -0.39 is 0 Å². The topological polar surface area (TPSA) is 0 Å². The van der Waals surface area contributed by atoms with Gasteiger partial charge in [-0.25, -0.2) is 4.39 Å². The molecule has 0 saturated carbocycles. The van der Waals surface area contributed by atoms with Crippen molar-refractivity contribution < 1.29 is 4.39 Å². The minimum Gasteiger partial charge on any atom is -0.207 e. The molecule has 1 rings (SSSR count). The third-order valence-electron chi connectivity index (χ3n) is 1.54. The van der Waals surface area contributed by atoms with Crippen LogP contribution in [0.15, 0.2) is 29.8 Å². The van der Waals surface area contributed by atoms with E-state index in [-0.39, 0.29) is 5.82 Å². The Hall–Kier alpha value is -0.820. The highest BCUT2D eigenvalue weighted by Crippen LogP contribution is 2.22. The molecule has 64 valence electrons. The van der Waals surface area contributed by atoms with Crippen LogP contribution in [0.2, 0.25) is 0 Å². The average molecular weight is 185 g/mol. The van der Waals surface area contributed by atoms with Crippen LogP contribution in [0, 0.1) is 5.82 Å². The number of hydrogen-bond donors (Lipinski definition) is 0. The van der Waals surface area contributed by atoms with Gasteiger partial charge in [0, 0.05) is 5.03 Å². The maximum Gasteiger partial charge on any atom is 0.123 e. The fourth-order valence-electron chi connectivity index (χ4n) is 0.885. The molecule has 0 atom stereocenters. The normalized spacial score (nSPS) is 9.67. The summed E-state index contributed by atoms with van der Waals surface area (Å²) in [4.78, 5) is 0. The van der Waals surface area contributed by atoms with Crippen LogP contribution >= 0.6 is 11.6 Å². The van der Waals surface area contributed by atoms with Crippen molar-refractivity contribution in [2.24, 2.45) is 0 Å².